The van der Waals surface area contributed by atoms with Crippen molar-refractivity contribution in [1.82, 2.24) is 10.2 Å². The zero-order valence-electron chi connectivity index (χ0n) is 12.2. The molecule has 0 aromatic rings. The number of nitrogens with zero attached hydrogens (tertiary/aromatic N) is 1. The number of ether oxygens (including phenoxy) is 1. The molecule has 0 aromatic carbocycles. The van der Waals surface area contributed by atoms with Crippen LogP contribution in [0.15, 0.2) is 0 Å². The summed E-state index contributed by atoms with van der Waals surface area (Å²) in [5.41, 5.74) is 0. The van der Waals surface area contributed by atoms with Gasteiger partial charge < -0.3 is 15.0 Å². The molecule has 1 saturated heterocycles. The maximum Gasteiger partial charge on any atom is 0.107 e. The molecule has 1 fully saturated rings. The Balaban J connectivity index is 2.02. The summed E-state index contributed by atoms with van der Waals surface area (Å²) in [6, 6.07) is 1.31. The highest BCUT2D eigenvalue weighted by atomic mass is 16.5. The molecule has 18 heavy (non-hydrogen) atoms. The van der Waals surface area contributed by atoms with Gasteiger partial charge in [0.1, 0.15) is 6.61 Å². The lowest BCUT2D eigenvalue weighted by Gasteiger charge is -2.33. The number of nitrogens with one attached hydrogen (secondary N) is 1. The Kier molecular flexibility index (Phi) is 8.08. The lowest BCUT2D eigenvalue weighted by atomic mass is 10.0. The molecule has 0 aliphatic carbocycles. The summed E-state index contributed by atoms with van der Waals surface area (Å²) in [5.74, 6) is 6.01. The smallest absolute Gasteiger partial charge is 0.107 e. The van der Waals surface area contributed by atoms with E-state index in [0.717, 1.165) is 19.6 Å². The van der Waals surface area contributed by atoms with Crippen LogP contribution in [-0.4, -0.2) is 49.8 Å². The van der Waals surface area contributed by atoms with E-state index < -0.39 is 0 Å². The summed E-state index contributed by atoms with van der Waals surface area (Å²) in [5, 5.41) is 3.62. The van der Waals surface area contributed by atoms with Crippen molar-refractivity contribution in [2.75, 3.05) is 32.8 Å². The van der Waals surface area contributed by atoms with Crippen LogP contribution in [0, 0.1) is 11.8 Å². The van der Waals surface area contributed by atoms with Gasteiger partial charge in [0.15, 0.2) is 0 Å². The lowest BCUT2D eigenvalue weighted by Crippen LogP contribution is -2.45. The van der Waals surface area contributed by atoms with Crippen LogP contribution in [-0.2, 0) is 4.74 Å². The van der Waals surface area contributed by atoms with Gasteiger partial charge in [-0.25, -0.2) is 0 Å². The van der Waals surface area contributed by atoms with Crippen LogP contribution in [0.5, 0.6) is 0 Å². The molecular weight excluding hydrogens is 224 g/mol. The van der Waals surface area contributed by atoms with Crippen LogP contribution in [0.1, 0.15) is 40.0 Å². The van der Waals surface area contributed by atoms with Crippen molar-refractivity contribution in [3.8, 4) is 11.8 Å². The van der Waals surface area contributed by atoms with Crippen molar-refractivity contribution in [1.29, 1.82) is 0 Å². The molecule has 1 aliphatic rings. The molecule has 0 radical (unpaired) electrons. The highest BCUT2D eigenvalue weighted by Crippen LogP contribution is 2.10. The van der Waals surface area contributed by atoms with Crippen molar-refractivity contribution < 1.29 is 4.74 Å². The van der Waals surface area contributed by atoms with Crippen molar-refractivity contribution in [3.63, 3.8) is 0 Å². The van der Waals surface area contributed by atoms with E-state index in [1.807, 2.05) is 0 Å². The molecule has 0 aromatic heterocycles. The molecule has 0 bridgehead atoms. The van der Waals surface area contributed by atoms with Crippen molar-refractivity contribution in [3.05, 3.63) is 0 Å². The van der Waals surface area contributed by atoms with E-state index in [9.17, 15) is 0 Å². The molecule has 3 heteroatoms. The molecule has 0 amide bonds. The van der Waals surface area contributed by atoms with E-state index in [1.165, 1.54) is 25.9 Å². The summed E-state index contributed by atoms with van der Waals surface area (Å²) < 4.78 is 5.50. The van der Waals surface area contributed by atoms with E-state index in [0.29, 0.717) is 18.7 Å². The predicted molar refractivity (Wildman–Crippen MR) is 76.6 cm³/mol. The molecule has 0 saturated carbocycles. The van der Waals surface area contributed by atoms with E-state index in [4.69, 9.17) is 4.74 Å². The first-order valence-corrected chi connectivity index (χ1v) is 7.24. The Bertz CT molecular complexity index is 259. The summed E-state index contributed by atoms with van der Waals surface area (Å²) >= 11 is 0. The normalized spacial score (nSPS) is 17.8. The first-order valence-electron chi connectivity index (χ1n) is 7.24. The summed E-state index contributed by atoms with van der Waals surface area (Å²) in [6.07, 6.45) is 3.43. The maximum atomic E-state index is 5.50. The second-order valence-corrected chi connectivity index (χ2v) is 5.20. The minimum Gasteiger partial charge on any atom is -0.367 e. The fourth-order valence-corrected chi connectivity index (χ4v) is 2.29. The second-order valence-electron chi connectivity index (χ2n) is 5.20. The van der Waals surface area contributed by atoms with Gasteiger partial charge >= 0.3 is 0 Å². The Morgan fingerprint density at radius 2 is 2.00 bits per heavy atom. The Labute approximate surface area is 112 Å². The van der Waals surface area contributed by atoms with E-state index in [2.05, 4.69) is 42.8 Å². The molecule has 1 rings (SSSR count). The molecule has 0 atom stereocenters. The fraction of sp³-hybridized carbons (Fsp3) is 0.867. The number of rotatable bonds is 6. The molecule has 0 unspecified atom stereocenters. The summed E-state index contributed by atoms with van der Waals surface area (Å²) in [4.78, 5) is 2.49. The maximum absolute atomic E-state index is 5.50. The third kappa shape index (κ3) is 7.00. The average Bonchev–Trinajstić information content (AvgIpc) is 2.35. The van der Waals surface area contributed by atoms with E-state index >= 15 is 0 Å². The van der Waals surface area contributed by atoms with Crippen LogP contribution >= 0.6 is 0 Å². The minimum absolute atomic E-state index is 0.583. The number of hydrogen-bond acceptors (Lipinski definition) is 3. The SMILES string of the molecule is CCC#CCOCCN1CCC(NC(C)C)CC1. The predicted octanol–water partition coefficient (Wildman–Crippen LogP) is 1.88. The van der Waals surface area contributed by atoms with Crippen LogP contribution < -0.4 is 5.32 Å². The number of likely N-dealkylation sites (tertiary alicyclic amines) is 1. The Morgan fingerprint density at radius 3 is 2.61 bits per heavy atom. The van der Waals surface area contributed by atoms with Crippen molar-refractivity contribution in [2.45, 2.75) is 52.1 Å². The zero-order valence-corrected chi connectivity index (χ0v) is 12.2. The third-order valence-corrected chi connectivity index (χ3v) is 3.18. The topological polar surface area (TPSA) is 24.5 Å². The second kappa shape index (κ2) is 9.38. The van der Waals surface area contributed by atoms with E-state index in [-0.39, 0.29) is 0 Å². The Hall–Kier alpha value is -0.560. The van der Waals surface area contributed by atoms with Gasteiger partial charge in [0.05, 0.1) is 6.61 Å². The first-order chi connectivity index (χ1) is 8.72. The van der Waals surface area contributed by atoms with Gasteiger partial charge in [-0.3, -0.25) is 0 Å². The molecule has 1 heterocycles. The van der Waals surface area contributed by atoms with Gasteiger partial charge in [0.2, 0.25) is 0 Å². The largest absolute Gasteiger partial charge is 0.367 e. The lowest BCUT2D eigenvalue weighted by molar-refractivity contribution is 0.110. The molecular formula is C15H28N2O. The van der Waals surface area contributed by atoms with Crippen LogP contribution in [0.4, 0.5) is 0 Å². The van der Waals surface area contributed by atoms with Crippen molar-refractivity contribution in [2.24, 2.45) is 0 Å². The van der Waals surface area contributed by atoms with Gasteiger partial charge in [0.25, 0.3) is 0 Å². The van der Waals surface area contributed by atoms with Gasteiger partial charge in [-0.05, 0) is 25.9 Å². The molecule has 3 nitrogen and oxygen atoms in total. The molecule has 104 valence electrons. The van der Waals surface area contributed by atoms with Crippen LogP contribution in [0.2, 0.25) is 0 Å². The average molecular weight is 252 g/mol. The Morgan fingerprint density at radius 1 is 1.28 bits per heavy atom. The molecule has 1 aliphatic heterocycles. The molecule has 0 spiro atoms. The van der Waals surface area contributed by atoms with Gasteiger partial charge in [-0.2, -0.15) is 0 Å². The quantitative estimate of drug-likeness (QED) is 0.577. The first kappa shape index (κ1) is 15.5. The fourth-order valence-electron chi connectivity index (χ4n) is 2.29. The number of piperidine rings is 1. The summed E-state index contributed by atoms with van der Waals surface area (Å²) in [7, 11) is 0. The summed E-state index contributed by atoms with van der Waals surface area (Å²) in [6.45, 7) is 11.3. The van der Waals surface area contributed by atoms with Crippen LogP contribution in [0.25, 0.3) is 0 Å². The van der Waals surface area contributed by atoms with Gasteiger partial charge in [-0.15, -0.1) is 5.92 Å². The molecule has 1 N–H and O–H groups in total. The monoisotopic (exact) mass is 252 g/mol. The zero-order chi connectivity index (χ0) is 13.2. The standard InChI is InChI=1S/C15H28N2O/c1-4-5-6-12-18-13-11-17-9-7-15(8-10-17)16-14(2)3/h14-16H,4,7-13H2,1-3H3. The van der Waals surface area contributed by atoms with E-state index in [1.54, 1.807) is 0 Å². The van der Waals surface area contributed by atoms with Gasteiger partial charge in [-0.1, -0.05) is 26.7 Å². The number of hydrogen-bond donors (Lipinski definition) is 1. The van der Waals surface area contributed by atoms with Crippen LogP contribution in [0.3, 0.4) is 0 Å². The third-order valence-electron chi connectivity index (χ3n) is 3.18. The van der Waals surface area contributed by atoms with Crippen molar-refractivity contribution >= 4 is 0 Å². The van der Waals surface area contributed by atoms with Gasteiger partial charge in [0, 0.05) is 25.0 Å². The highest BCUT2D eigenvalue weighted by Gasteiger charge is 2.18. The minimum atomic E-state index is 0.583. The highest BCUT2D eigenvalue weighted by molar-refractivity contribution is 4.97.